The first-order valence-corrected chi connectivity index (χ1v) is 7.26. The van der Waals surface area contributed by atoms with Gasteiger partial charge in [-0.1, -0.05) is 12.1 Å². The molecule has 1 amide bonds. The number of halogens is 1. The molecular weight excluding hydrogens is 316 g/mol. The molecular formula is C16H23ClN4O2. The molecule has 7 heteroatoms. The van der Waals surface area contributed by atoms with Crippen LogP contribution in [0.25, 0.3) is 5.69 Å². The molecule has 0 aliphatic carbocycles. The van der Waals surface area contributed by atoms with Crippen molar-refractivity contribution in [1.82, 2.24) is 15.1 Å². The number of carbonyl (C=O) groups is 1. The number of hydrogen-bond acceptors (Lipinski definition) is 4. The summed E-state index contributed by atoms with van der Waals surface area (Å²) >= 11 is 0. The van der Waals surface area contributed by atoms with Crippen LogP contribution in [0.4, 0.5) is 0 Å². The van der Waals surface area contributed by atoms with Crippen LogP contribution in [-0.4, -0.2) is 35.4 Å². The molecule has 2 rings (SSSR count). The second-order valence-corrected chi connectivity index (χ2v) is 5.13. The van der Waals surface area contributed by atoms with Gasteiger partial charge in [-0.15, -0.1) is 12.4 Å². The monoisotopic (exact) mass is 338 g/mol. The van der Waals surface area contributed by atoms with E-state index in [2.05, 4.69) is 10.4 Å². The molecule has 0 bridgehead atoms. The lowest BCUT2D eigenvalue weighted by molar-refractivity contribution is -0.124. The molecule has 2 atom stereocenters. The fourth-order valence-corrected chi connectivity index (χ4v) is 2.19. The molecule has 0 aliphatic heterocycles. The highest BCUT2D eigenvalue weighted by molar-refractivity contribution is 5.85. The Bertz CT molecular complexity index is 583. The third kappa shape index (κ3) is 5.35. The summed E-state index contributed by atoms with van der Waals surface area (Å²) in [4.78, 5) is 11.9. The Morgan fingerprint density at radius 3 is 2.61 bits per heavy atom. The van der Waals surface area contributed by atoms with Gasteiger partial charge in [0.1, 0.15) is 0 Å². The second-order valence-electron chi connectivity index (χ2n) is 5.13. The highest BCUT2D eigenvalue weighted by atomic mass is 35.5. The minimum Gasteiger partial charge on any atom is -0.380 e. The summed E-state index contributed by atoms with van der Waals surface area (Å²) in [6.07, 6.45) is 3.65. The third-order valence-corrected chi connectivity index (χ3v) is 3.55. The van der Waals surface area contributed by atoms with Crippen molar-refractivity contribution in [3.8, 4) is 5.69 Å². The number of methoxy groups -OCH3 is 1. The van der Waals surface area contributed by atoms with Crippen LogP contribution in [0.5, 0.6) is 0 Å². The van der Waals surface area contributed by atoms with E-state index in [1.165, 1.54) is 0 Å². The van der Waals surface area contributed by atoms with Crippen molar-refractivity contribution in [1.29, 1.82) is 0 Å². The van der Waals surface area contributed by atoms with Gasteiger partial charge in [-0.25, -0.2) is 4.68 Å². The summed E-state index contributed by atoms with van der Waals surface area (Å²) in [5, 5.41) is 7.13. The predicted molar refractivity (Wildman–Crippen MR) is 91.8 cm³/mol. The Labute approximate surface area is 142 Å². The number of ether oxygens (including phenoxy) is 1. The molecule has 0 radical (unpaired) electrons. The zero-order chi connectivity index (χ0) is 15.9. The summed E-state index contributed by atoms with van der Waals surface area (Å²) in [5.74, 6) is -0.0686. The van der Waals surface area contributed by atoms with Crippen LogP contribution >= 0.6 is 12.4 Å². The Hall–Kier alpha value is -1.89. The van der Waals surface area contributed by atoms with Crippen molar-refractivity contribution in [3.05, 3.63) is 48.3 Å². The zero-order valence-electron chi connectivity index (χ0n) is 13.3. The standard InChI is InChI=1S/C16H22N4O2.ClH/c1-12(19-16(21)10-15(11-17)22-2)13-4-6-14(7-5-13)20-9-3-8-18-20;/h3-9,12,15H,10-11,17H2,1-2H3,(H,19,21);1H. The van der Waals surface area contributed by atoms with Gasteiger partial charge in [0.2, 0.25) is 5.91 Å². The van der Waals surface area contributed by atoms with Crippen LogP contribution in [0.1, 0.15) is 24.9 Å². The molecule has 6 nitrogen and oxygen atoms in total. The van der Waals surface area contributed by atoms with Crippen molar-refractivity contribution in [2.24, 2.45) is 5.73 Å². The van der Waals surface area contributed by atoms with Crippen LogP contribution in [0.15, 0.2) is 42.7 Å². The van der Waals surface area contributed by atoms with Gasteiger partial charge in [-0.2, -0.15) is 5.10 Å². The summed E-state index contributed by atoms with van der Waals surface area (Å²) in [5.41, 5.74) is 7.54. The molecule has 3 N–H and O–H groups in total. The van der Waals surface area contributed by atoms with E-state index >= 15 is 0 Å². The number of nitrogens with zero attached hydrogens (tertiary/aromatic N) is 2. The van der Waals surface area contributed by atoms with Gasteiger partial charge in [-0.05, 0) is 30.7 Å². The number of nitrogens with two attached hydrogens (primary N) is 1. The molecule has 1 aromatic heterocycles. The van der Waals surface area contributed by atoms with E-state index in [9.17, 15) is 4.79 Å². The molecule has 0 saturated heterocycles. The molecule has 0 fully saturated rings. The smallest absolute Gasteiger partial charge is 0.223 e. The zero-order valence-corrected chi connectivity index (χ0v) is 14.1. The molecule has 23 heavy (non-hydrogen) atoms. The van der Waals surface area contributed by atoms with Crippen molar-refractivity contribution in [2.45, 2.75) is 25.5 Å². The van der Waals surface area contributed by atoms with Crippen molar-refractivity contribution in [3.63, 3.8) is 0 Å². The van der Waals surface area contributed by atoms with E-state index in [0.717, 1.165) is 11.3 Å². The fourth-order valence-electron chi connectivity index (χ4n) is 2.19. The summed E-state index contributed by atoms with van der Waals surface area (Å²) in [6.45, 7) is 2.28. The first kappa shape index (κ1) is 19.2. The average Bonchev–Trinajstić information content (AvgIpc) is 3.07. The van der Waals surface area contributed by atoms with Crippen LogP contribution < -0.4 is 11.1 Å². The van der Waals surface area contributed by atoms with Gasteiger partial charge in [0.25, 0.3) is 0 Å². The fraction of sp³-hybridized carbons (Fsp3) is 0.375. The maximum atomic E-state index is 11.9. The lowest BCUT2D eigenvalue weighted by atomic mass is 10.1. The molecule has 1 heterocycles. The van der Waals surface area contributed by atoms with Crippen molar-refractivity contribution < 1.29 is 9.53 Å². The largest absolute Gasteiger partial charge is 0.380 e. The van der Waals surface area contributed by atoms with E-state index in [0.29, 0.717) is 6.54 Å². The van der Waals surface area contributed by atoms with Gasteiger partial charge >= 0.3 is 0 Å². The Balaban J connectivity index is 0.00000264. The lowest BCUT2D eigenvalue weighted by Gasteiger charge is -2.17. The predicted octanol–water partition coefficient (Wildman–Crippen LogP) is 1.84. The Morgan fingerprint density at radius 1 is 1.39 bits per heavy atom. The number of rotatable bonds is 7. The highest BCUT2D eigenvalue weighted by Crippen LogP contribution is 2.15. The van der Waals surface area contributed by atoms with Crippen LogP contribution in [0.3, 0.4) is 0 Å². The van der Waals surface area contributed by atoms with E-state index < -0.39 is 0 Å². The molecule has 2 unspecified atom stereocenters. The van der Waals surface area contributed by atoms with Crippen molar-refractivity contribution >= 4 is 18.3 Å². The van der Waals surface area contributed by atoms with E-state index in [1.807, 2.05) is 43.5 Å². The highest BCUT2D eigenvalue weighted by Gasteiger charge is 2.14. The van der Waals surface area contributed by atoms with E-state index in [4.69, 9.17) is 10.5 Å². The second kappa shape index (κ2) is 9.29. The van der Waals surface area contributed by atoms with Crippen LogP contribution in [0, 0.1) is 0 Å². The molecule has 0 aliphatic rings. The Kier molecular flexibility index (Phi) is 7.74. The number of carbonyl (C=O) groups excluding carboxylic acids is 1. The maximum Gasteiger partial charge on any atom is 0.223 e. The first-order valence-electron chi connectivity index (χ1n) is 7.26. The molecule has 0 spiro atoms. The lowest BCUT2D eigenvalue weighted by Crippen LogP contribution is -2.33. The number of benzene rings is 1. The number of nitrogens with one attached hydrogen (secondary N) is 1. The quantitative estimate of drug-likeness (QED) is 0.807. The number of amides is 1. The maximum absolute atomic E-state index is 11.9. The Morgan fingerprint density at radius 2 is 2.09 bits per heavy atom. The minimum absolute atomic E-state index is 0. The SMILES string of the molecule is COC(CN)CC(=O)NC(C)c1ccc(-n2cccn2)cc1.Cl. The normalized spacial score (nSPS) is 13.0. The van der Waals surface area contributed by atoms with Crippen LogP contribution in [0.2, 0.25) is 0 Å². The average molecular weight is 339 g/mol. The van der Waals surface area contributed by atoms with Gasteiger partial charge in [-0.3, -0.25) is 4.79 Å². The van der Waals surface area contributed by atoms with Crippen LogP contribution in [-0.2, 0) is 9.53 Å². The van der Waals surface area contributed by atoms with E-state index in [-0.39, 0.29) is 36.9 Å². The number of hydrogen-bond donors (Lipinski definition) is 2. The molecule has 1 aromatic carbocycles. The summed E-state index contributed by atoms with van der Waals surface area (Å²) in [6, 6.07) is 9.72. The summed E-state index contributed by atoms with van der Waals surface area (Å²) < 4.78 is 6.91. The van der Waals surface area contributed by atoms with E-state index in [1.54, 1.807) is 18.0 Å². The van der Waals surface area contributed by atoms with Gasteiger partial charge in [0.15, 0.2) is 0 Å². The summed E-state index contributed by atoms with van der Waals surface area (Å²) in [7, 11) is 1.56. The van der Waals surface area contributed by atoms with Crippen molar-refractivity contribution in [2.75, 3.05) is 13.7 Å². The van der Waals surface area contributed by atoms with Gasteiger partial charge in [0.05, 0.1) is 24.3 Å². The van der Waals surface area contributed by atoms with Gasteiger partial charge < -0.3 is 15.8 Å². The molecule has 126 valence electrons. The molecule has 0 saturated carbocycles. The minimum atomic E-state index is -0.241. The van der Waals surface area contributed by atoms with Gasteiger partial charge in [0, 0.05) is 26.0 Å². The first-order chi connectivity index (χ1) is 10.6. The number of aromatic nitrogens is 2. The molecule has 2 aromatic rings. The topological polar surface area (TPSA) is 82.2 Å². The third-order valence-electron chi connectivity index (χ3n) is 3.55.